The Labute approximate surface area is 228 Å². The molecule has 3 aromatic carbocycles. The third-order valence-electron chi connectivity index (χ3n) is 6.24. The third-order valence-corrected chi connectivity index (χ3v) is 8.28. The number of likely N-dealkylation sites (N-methyl/N-ethyl adjacent to an activating group) is 1. The van der Waals surface area contributed by atoms with Gasteiger partial charge in [-0.05, 0) is 92.9 Å². The minimum absolute atomic E-state index is 0.0147. The van der Waals surface area contributed by atoms with Crippen molar-refractivity contribution < 1.29 is 22.4 Å². The first-order valence-corrected chi connectivity index (χ1v) is 13.9. The van der Waals surface area contributed by atoms with Crippen molar-refractivity contribution in [3.63, 3.8) is 0 Å². The van der Waals surface area contributed by atoms with Crippen molar-refractivity contribution in [2.45, 2.75) is 45.2 Å². The van der Waals surface area contributed by atoms with Gasteiger partial charge in [0.2, 0.25) is 11.8 Å². The number of halogens is 2. The molecule has 0 saturated carbocycles. The first-order valence-electron chi connectivity index (χ1n) is 12.1. The Kier molecular flexibility index (Phi) is 9.51. The summed E-state index contributed by atoms with van der Waals surface area (Å²) in [5.74, 6) is -1.41. The molecule has 0 spiro atoms. The zero-order chi connectivity index (χ0) is 28.0. The van der Waals surface area contributed by atoms with Crippen molar-refractivity contribution in [1.29, 1.82) is 0 Å². The molecule has 0 radical (unpaired) electrons. The summed E-state index contributed by atoms with van der Waals surface area (Å²) in [6, 6.07) is 15.5. The van der Waals surface area contributed by atoms with Crippen molar-refractivity contribution in [2.75, 3.05) is 17.4 Å². The lowest BCUT2D eigenvalue weighted by molar-refractivity contribution is -0.139. The number of amides is 2. The van der Waals surface area contributed by atoms with E-state index in [-0.39, 0.29) is 17.3 Å². The Morgan fingerprint density at radius 3 is 2.18 bits per heavy atom. The van der Waals surface area contributed by atoms with E-state index < -0.39 is 34.3 Å². The second-order valence-corrected chi connectivity index (χ2v) is 11.3. The number of rotatable bonds is 10. The quantitative estimate of drug-likeness (QED) is 0.385. The summed E-state index contributed by atoms with van der Waals surface area (Å²) < 4.78 is 42.1. The fraction of sp³-hybridized carbons (Fsp3) is 0.286. The van der Waals surface area contributed by atoms with Gasteiger partial charge in [0.15, 0.2) is 0 Å². The summed E-state index contributed by atoms with van der Waals surface area (Å²) in [6.45, 7) is 6.88. The van der Waals surface area contributed by atoms with Gasteiger partial charge >= 0.3 is 0 Å². The van der Waals surface area contributed by atoms with Crippen LogP contribution in [-0.4, -0.2) is 44.3 Å². The molecule has 0 aliphatic rings. The number of hydrogen-bond donors (Lipinski definition) is 1. The van der Waals surface area contributed by atoms with Crippen LogP contribution in [0.3, 0.4) is 0 Å². The second kappa shape index (κ2) is 12.4. The largest absolute Gasteiger partial charge is 0.355 e. The second-order valence-electron chi connectivity index (χ2n) is 8.95. The molecular weight excluding hydrogens is 529 g/mol. The van der Waals surface area contributed by atoms with E-state index in [1.807, 2.05) is 13.8 Å². The summed E-state index contributed by atoms with van der Waals surface area (Å²) in [6.07, 6.45) is 0. The summed E-state index contributed by atoms with van der Waals surface area (Å²) in [5.41, 5.74) is 2.72. The number of carbonyl (C=O) groups excluding carboxylic acids is 2. The SMILES string of the molecule is CCNC(=O)[C@H](C)N(Cc1ccc(F)cc1)C(=O)CN(c1ccc(C)c(C)c1)S(=O)(=O)c1ccc(Cl)cc1. The lowest BCUT2D eigenvalue weighted by Gasteiger charge is -2.32. The van der Waals surface area contributed by atoms with Crippen molar-refractivity contribution in [2.24, 2.45) is 0 Å². The maximum absolute atomic E-state index is 13.8. The average Bonchev–Trinajstić information content (AvgIpc) is 2.88. The Morgan fingerprint density at radius 1 is 0.974 bits per heavy atom. The minimum Gasteiger partial charge on any atom is -0.355 e. The number of nitrogens with one attached hydrogen (secondary N) is 1. The van der Waals surface area contributed by atoms with Crippen molar-refractivity contribution in [3.8, 4) is 0 Å². The number of nitrogens with zero attached hydrogens (tertiary/aromatic N) is 2. The number of sulfonamides is 1. The van der Waals surface area contributed by atoms with E-state index in [0.29, 0.717) is 22.8 Å². The normalized spacial score (nSPS) is 12.1. The number of carbonyl (C=O) groups is 2. The molecule has 10 heteroatoms. The Morgan fingerprint density at radius 2 is 1.61 bits per heavy atom. The molecule has 0 unspecified atom stereocenters. The standard InChI is InChI=1S/C28H31ClFN3O4S/c1-5-31-28(35)21(4)32(17-22-7-11-24(30)12-8-22)27(34)18-33(25-13-6-19(2)20(3)16-25)38(36,37)26-14-9-23(29)10-15-26/h6-16,21H,5,17-18H2,1-4H3,(H,31,35)/t21-/m0/s1. The summed E-state index contributed by atoms with van der Waals surface area (Å²) >= 11 is 5.97. The molecule has 3 aromatic rings. The molecule has 0 saturated heterocycles. The van der Waals surface area contributed by atoms with Crippen molar-refractivity contribution in [1.82, 2.24) is 10.2 Å². The fourth-order valence-electron chi connectivity index (χ4n) is 3.83. The highest BCUT2D eigenvalue weighted by Gasteiger charge is 2.32. The monoisotopic (exact) mass is 559 g/mol. The van der Waals surface area contributed by atoms with E-state index in [2.05, 4.69) is 5.32 Å². The molecule has 0 heterocycles. The van der Waals surface area contributed by atoms with Crippen LogP contribution in [0.5, 0.6) is 0 Å². The van der Waals surface area contributed by atoms with E-state index in [0.717, 1.165) is 15.4 Å². The van der Waals surface area contributed by atoms with Crippen LogP contribution in [0.1, 0.15) is 30.5 Å². The molecular formula is C28H31ClFN3O4S. The lowest BCUT2D eigenvalue weighted by atomic mass is 10.1. The lowest BCUT2D eigenvalue weighted by Crippen LogP contribution is -2.51. The highest BCUT2D eigenvalue weighted by atomic mass is 35.5. The molecule has 1 N–H and O–H groups in total. The maximum Gasteiger partial charge on any atom is 0.264 e. The molecule has 7 nitrogen and oxygen atoms in total. The van der Waals surface area contributed by atoms with Crippen molar-refractivity contribution in [3.05, 3.63) is 94.3 Å². The Hall–Kier alpha value is -3.43. The summed E-state index contributed by atoms with van der Waals surface area (Å²) in [7, 11) is -4.19. The van der Waals surface area contributed by atoms with Gasteiger partial charge in [0.05, 0.1) is 10.6 Å². The van der Waals surface area contributed by atoms with Gasteiger partial charge in [-0.15, -0.1) is 0 Å². The van der Waals surface area contributed by atoms with Crippen LogP contribution in [0, 0.1) is 19.7 Å². The van der Waals surface area contributed by atoms with E-state index in [1.54, 1.807) is 32.0 Å². The van der Waals surface area contributed by atoms with Gasteiger partial charge in [-0.25, -0.2) is 12.8 Å². The van der Waals surface area contributed by atoms with Crippen LogP contribution in [0.2, 0.25) is 5.02 Å². The van der Waals surface area contributed by atoms with Gasteiger partial charge in [-0.2, -0.15) is 0 Å². The third kappa shape index (κ3) is 6.90. The van der Waals surface area contributed by atoms with Crippen LogP contribution in [0.4, 0.5) is 10.1 Å². The van der Waals surface area contributed by atoms with Gasteiger partial charge < -0.3 is 10.2 Å². The Bertz CT molecular complexity index is 1400. The summed E-state index contributed by atoms with van der Waals surface area (Å²) in [5, 5.41) is 3.07. The van der Waals surface area contributed by atoms with E-state index in [9.17, 15) is 22.4 Å². The van der Waals surface area contributed by atoms with Crippen molar-refractivity contribution >= 4 is 39.1 Å². The van der Waals surface area contributed by atoms with Gasteiger partial charge in [-0.1, -0.05) is 29.8 Å². The number of anilines is 1. The van der Waals surface area contributed by atoms with Gasteiger partial charge in [0.1, 0.15) is 18.4 Å². The van der Waals surface area contributed by atoms with Gasteiger partial charge in [0.25, 0.3) is 10.0 Å². The summed E-state index contributed by atoms with van der Waals surface area (Å²) in [4.78, 5) is 27.8. The van der Waals surface area contributed by atoms with E-state index in [1.165, 1.54) is 53.4 Å². The molecule has 1 atom stereocenters. The number of benzene rings is 3. The predicted molar refractivity (Wildman–Crippen MR) is 147 cm³/mol. The average molecular weight is 560 g/mol. The number of hydrogen-bond acceptors (Lipinski definition) is 4. The smallest absolute Gasteiger partial charge is 0.264 e. The predicted octanol–water partition coefficient (Wildman–Crippen LogP) is 4.84. The molecule has 0 aliphatic heterocycles. The highest BCUT2D eigenvalue weighted by Crippen LogP contribution is 2.27. The van der Waals surface area contributed by atoms with Crippen LogP contribution in [0.15, 0.2) is 71.6 Å². The van der Waals surface area contributed by atoms with Crippen LogP contribution in [-0.2, 0) is 26.2 Å². The fourth-order valence-corrected chi connectivity index (χ4v) is 5.37. The first kappa shape index (κ1) is 29.1. The molecule has 2 amide bonds. The zero-order valence-corrected chi connectivity index (χ0v) is 23.3. The molecule has 202 valence electrons. The van der Waals surface area contributed by atoms with Crippen LogP contribution >= 0.6 is 11.6 Å². The molecule has 38 heavy (non-hydrogen) atoms. The molecule has 0 aromatic heterocycles. The molecule has 0 aliphatic carbocycles. The van der Waals surface area contributed by atoms with Crippen LogP contribution in [0.25, 0.3) is 0 Å². The minimum atomic E-state index is -4.19. The topological polar surface area (TPSA) is 86.8 Å². The molecule has 3 rings (SSSR count). The Balaban J connectivity index is 2.05. The molecule has 0 bridgehead atoms. The zero-order valence-electron chi connectivity index (χ0n) is 21.7. The molecule has 0 fully saturated rings. The first-order chi connectivity index (χ1) is 17.9. The van der Waals surface area contributed by atoms with E-state index >= 15 is 0 Å². The van der Waals surface area contributed by atoms with Crippen LogP contribution < -0.4 is 9.62 Å². The van der Waals surface area contributed by atoms with Gasteiger partial charge in [-0.3, -0.25) is 13.9 Å². The number of aryl methyl sites for hydroxylation is 2. The van der Waals surface area contributed by atoms with Gasteiger partial charge in [0, 0.05) is 18.1 Å². The highest BCUT2D eigenvalue weighted by molar-refractivity contribution is 7.92. The maximum atomic E-state index is 13.8. The van der Waals surface area contributed by atoms with E-state index in [4.69, 9.17) is 11.6 Å².